The predicted molar refractivity (Wildman–Crippen MR) is 392 cm³/mol. The molecule has 0 aliphatic carbocycles. The molecular formula is C82H148NO8+. The average molecular weight is 1280 g/mol. The maximum absolute atomic E-state index is 13.0. The summed E-state index contributed by atoms with van der Waals surface area (Å²) in [6.45, 7) is 4.82. The normalized spacial score (nSPS) is 13.1. The smallest absolute Gasteiger partial charge is 0.361 e. The van der Waals surface area contributed by atoms with Gasteiger partial charge in [-0.3, -0.25) is 9.59 Å². The molecule has 1 N–H and O–H groups in total. The summed E-state index contributed by atoms with van der Waals surface area (Å²) in [5.41, 5.74) is 0. The van der Waals surface area contributed by atoms with Gasteiger partial charge in [-0.25, -0.2) is 4.79 Å². The van der Waals surface area contributed by atoms with E-state index in [1.165, 1.54) is 257 Å². The Morgan fingerprint density at radius 1 is 0.341 bits per heavy atom. The van der Waals surface area contributed by atoms with Crippen LogP contribution in [-0.4, -0.2) is 87.4 Å². The van der Waals surface area contributed by atoms with Crippen molar-refractivity contribution in [3.63, 3.8) is 0 Å². The largest absolute Gasteiger partial charge is 0.477 e. The van der Waals surface area contributed by atoms with Gasteiger partial charge in [0.25, 0.3) is 6.29 Å². The van der Waals surface area contributed by atoms with Crippen LogP contribution in [-0.2, 0) is 33.3 Å². The fourth-order valence-electron chi connectivity index (χ4n) is 11.3. The lowest BCUT2D eigenvalue weighted by molar-refractivity contribution is -0.870. The van der Waals surface area contributed by atoms with E-state index in [-0.39, 0.29) is 38.2 Å². The third kappa shape index (κ3) is 73.7. The molecule has 91 heavy (non-hydrogen) atoms. The second-order valence-corrected chi connectivity index (χ2v) is 27.3. The van der Waals surface area contributed by atoms with E-state index in [0.717, 1.165) is 77.0 Å². The SMILES string of the molecule is CC/C=C\C/C=C\C/C=C\C/C=C\C/C=C\C/C=C\CCCCCCCCCCCCCCCCCCC(=O)OC(COC(=O)CCCCCCCCCCCCCCCCCCCCC/C=C\CCCCCCCCCC)COC(OCC[N+](C)(C)C)C(=O)O. The molecule has 0 saturated heterocycles. The summed E-state index contributed by atoms with van der Waals surface area (Å²) < 4.78 is 23.0. The Labute approximate surface area is 563 Å². The summed E-state index contributed by atoms with van der Waals surface area (Å²) in [5.74, 6) is -1.98. The third-order valence-electron chi connectivity index (χ3n) is 17.1. The molecule has 0 heterocycles. The summed E-state index contributed by atoms with van der Waals surface area (Å²) in [4.78, 5) is 37.7. The summed E-state index contributed by atoms with van der Waals surface area (Å²) in [6.07, 6.45) is 95.8. The zero-order valence-electron chi connectivity index (χ0n) is 60.5. The number of unbranched alkanes of at least 4 members (excludes halogenated alkanes) is 43. The maximum atomic E-state index is 13.0. The van der Waals surface area contributed by atoms with Crippen LogP contribution in [0.1, 0.15) is 361 Å². The van der Waals surface area contributed by atoms with E-state index in [1.54, 1.807) is 0 Å². The van der Waals surface area contributed by atoms with E-state index in [0.29, 0.717) is 17.4 Å². The van der Waals surface area contributed by atoms with E-state index in [4.69, 9.17) is 18.9 Å². The molecule has 0 radical (unpaired) electrons. The lowest BCUT2D eigenvalue weighted by Gasteiger charge is -2.25. The van der Waals surface area contributed by atoms with Crippen LogP contribution >= 0.6 is 0 Å². The molecule has 0 bridgehead atoms. The van der Waals surface area contributed by atoms with Gasteiger partial charge < -0.3 is 28.5 Å². The highest BCUT2D eigenvalue weighted by Crippen LogP contribution is 2.19. The van der Waals surface area contributed by atoms with Crippen molar-refractivity contribution in [3.8, 4) is 0 Å². The molecule has 2 atom stereocenters. The first-order valence-electron chi connectivity index (χ1n) is 38.8. The molecule has 9 heteroatoms. The topological polar surface area (TPSA) is 108 Å². The Bertz CT molecular complexity index is 1770. The molecule has 0 fully saturated rings. The standard InChI is InChI=1S/C82H147NO8/c1-6-8-10-12-14-16-18-20-22-24-26-28-30-32-34-36-38-39-40-41-43-45-47-49-51-53-55-57-59-61-63-65-67-69-71-73-80(85)91-78(77-90-82(81(86)87)88-75-74-83(3,4)5)76-89-79(84)72-70-68-66-64-62-60-58-56-54-52-50-48-46-44-42-37-35-33-31-29-27-25-23-21-19-17-15-13-11-9-7-2/h8,10,14,16,20,22,25-28,32,34,38-39,78,82H,6-7,9,11-13,15,17-19,21,23-24,29-31,33,35-37,40-77H2,1-5H3/p+1/b10-8-,16-14-,22-20-,27-25-,28-26-,34-32-,39-38-. The molecule has 0 saturated carbocycles. The van der Waals surface area contributed by atoms with Crippen molar-refractivity contribution in [2.75, 3.05) is 47.5 Å². The molecular weight excluding hydrogens is 1130 g/mol. The van der Waals surface area contributed by atoms with Crippen molar-refractivity contribution in [1.29, 1.82) is 0 Å². The molecule has 0 aliphatic rings. The molecule has 0 rings (SSSR count). The van der Waals surface area contributed by atoms with E-state index in [1.807, 2.05) is 21.1 Å². The van der Waals surface area contributed by atoms with Crippen LogP contribution in [0.5, 0.6) is 0 Å². The second kappa shape index (κ2) is 72.3. The number of esters is 2. The van der Waals surface area contributed by atoms with Gasteiger partial charge in [-0.15, -0.1) is 0 Å². The Morgan fingerprint density at radius 3 is 0.945 bits per heavy atom. The van der Waals surface area contributed by atoms with Crippen molar-refractivity contribution in [2.24, 2.45) is 0 Å². The fourth-order valence-corrected chi connectivity index (χ4v) is 11.3. The van der Waals surface area contributed by atoms with Crippen LogP contribution in [0.3, 0.4) is 0 Å². The Morgan fingerprint density at radius 2 is 0.626 bits per heavy atom. The van der Waals surface area contributed by atoms with Crippen LogP contribution in [0.4, 0.5) is 0 Å². The number of carbonyl (C=O) groups is 3. The van der Waals surface area contributed by atoms with Gasteiger partial charge in [-0.1, -0.05) is 343 Å². The molecule has 0 aromatic carbocycles. The molecule has 0 aromatic heterocycles. The summed E-state index contributed by atoms with van der Waals surface area (Å²) in [5, 5.41) is 9.77. The van der Waals surface area contributed by atoms with Crippen molar-refractivity contribution >= 4 is 17.9 Å². The maximum Gasteiger partial charge on any atom is 0.361 e. The summed E-state index contributed by atoms with van der Waals surface area (Å²) >= 11 is 0. The van der Waals surface area contributed by atoms with Gasteiger partial charge in [0.05, 0.1) is 34.4 Å². The van der Waals surface area contributed by atoms with Crippen LogP contribution in [0.15, 0.2) is 85.1 Å². The predicted octanol–water partition coefficient (Wildman–Crippen LogP) is 24.6. The van der Waals surface area contributed by atoms with Gasteiger partial charge in [0, 0.05) is 12.8 Å². The zero-order valence-corrected chi connectivity index (χ0v) is 60.5. The first kappa shape index (κ1) is 87.5. The van der Waals surface area contributed by atoms with Gasteiger partial charge in [-0.05, 0) is 89.9 Å². The molecule has 0 aliphatic heterocycles. The van der Waals surface area contributed by atoms with Crippen LogP contribution in [0.2, 0.25) is 0 Å². The quantitative estimate of drug-likeness (QED) is 0.0211. The highest BCUT2D eigenvalue weighted by atomic mass is 16.7. The molecule has 0 aromatic rings. The van der Waals surface area contributed by atoms with Gasteiger partial charge in [-0.2, -0.15) is 0 Å². The first-order chi connectivity index (χ1) is 44.6. The van der Waals surface area contributed by atoms with Crippen LogP contribution in [0.25, 0.3) is 0 Å². The summed E-state index contributed by atoms with van der Waals surface area (Å²) in [7, 11) is 5.99. The molecule has 0 amide bonds. The van der Waals surface area contributed by atoms with E-state index < -0.39 is 18.4 Å². The number of ether oxygens (including phenoxy) is 4. The van der Waals surface area contributed by atoms with Crippen molar-refractivity contribution in [1.82, 2.24) is 0 Å². The Hall–Kier alpha value is -3.53. The highest BCUT2D eigenvalue weighted by molar-refractivity contribution is 5.71. The number of hydrogen-bond acceptors (Lipinski definition) is 7. The van der Waals surface area contributed by atoms with Crippen molar-refractivity contribution in [2.45, 2.75) is 373 Å². The van der Waals surface area contributed by atoms with E-state index >= 15 is 0 Å². The van der Waals surface area contributed by atoms with Gasteiger partial charge in [0.2, 0.25) is 0 Å². The lowest BCUT2D eigenvalue weighted by Crippen LogP contribution is -2.40. The van der Waals surface area contributed by atoms with Gasteiger partial charge >= 0.3 is 17.9 Å². The number of rotatable bonds is 72. The van der Waals surface area contributed by atoms with Crippen molar-refractivity contribution in [3.05, 3.63) is 85.1 Å². The number of nitrogens with zero attached hydrogens (tertiary/aromatic N) is 1. The number of likely N-dealkylation sites (N-methyl/N-ethyl adjacent to an activating group) is 1. The van der Waals surface area contributed by atoms with Crippen LogP contribution < -0.4 is 0 Å². The molecule has 9 nitrogen and oxygen atoms in total. The van der Waals surface area contributed by atoms with Gasteiger partial charge in [0.15, 0.2) is 6.10 Å². The number of aliphatic carboxylic acids is 1. The minimum absolute atomic E-state index is 0.180. The minimum atomic E-state index is -1.51. The third-order valence-corrected chi connectivity index (χ3v) is 17.1. The molecule has 0 spiro atoms. The Kier molecular flexibility index (Phi) is 69.5. The zero-order chi connectivity index (χ0) is 66.1. The number of carboxylic acid groups (broad SMARTS) is 1. The Balaban J connectivity index is 4.03. The number of hydrogen-bond donors (Lipinski definition) is 1. The molecule has 528 valence electrons. The van der Waals surface area contributed by atoms with E-state index in [2.05, 4.69) is 98.9 Å². The number of carbonyl (C=O) groups excluding carboxylic acids is 2. The van der Waals surface area contributed by atoms with Crippen molar-refractivity contribution < 1.29 is 42.9 Å². The van der Waals surface area contributed by atoms with E-state index in [9.17, 15) is 19.5 Å². The molecule has 2 unspecified atom stereocenters. The number of quaternary nitrogens is 1. The van der Waals surface area contributed by atoms with Gasteiger partial charge in [0.1, 0.15) is 13.2 Å². The first-order valence-corrected chi connectivity index (χ1v) is 38.8. The lowest BCUT2D eigenvalue weighted by atomic mass is 10.0. The summed E-state index contributed by atoms with van der Waals surface area (Å²) in [6, 6.07) is 0. The minimum Gasteiger partial charge on any atom is -0.477 e. The fraction of sp³-hybridized carbons (Fsp3) is 0.793. The second-order valence-electron chi connectivity index (χ2n) is 27.3. The number of allylic oxidation sites excluding steroid dienone is 14. The number of carboxylic acids is 1. The average Bonchev–Trinajstić information content (AvgIpc) is 3.46. The highest BCUT2D eigenvalue weighted by Gasteiger charge is 2.25. The monoisotopic (exact) mass is 1280 g/mol. The van der Waals surface area contributed by atoms with Crippen LogP contribution in [0, 0.1) is 0 Å².